The number of aryl methyl sites for hydroxylation is 1. The van der Waals surface area contributed by atoms with Crippen molar-refractivity contribution in [2.75, 3.05) is 20.3 Å². The molecule has 100 valence electrons. The van der Waals surface area contributed by atoms with Crippen LogP contribution in [0.25, 0.3) is 0 Å². The zero-order valence-corrected chi connectivity index (χ0v) is 11.6. The molecule has 2 nitrogen and oxygen atoms in total. The fraction of sp³-hybridized carbons (Fsp3) is 0.571. The van der Waals surface area contributed by atoms with Gasteiger partial charge in [-0.05, 0) is 49.9 Å². The molecular formula is C14H19ClFNO. The fourth-order valence-electron chi connectivity index (χ4n) is 2.61. The lowest BCUT2D eigenvalue weighted by atomic mass is 9.86. The normalized spacial score (nSPS) is 18.9. The Morgan fingerprint density at radius 2 is 2.06 bits per heavy atom. The van der Waals surface area contributed by atoms with Gasteiger partial charge in [-0.1, -0.05) is 17.7 Å². The molecule has 1 aliphatic heterocycles. The van der Waals surface area contributed by atoms with E-state index >= 15 is 0 Å². The summed E-state index contributed by atoms with van der Waals surface area (Å²) in [5, 5.41) is 3.82. The van der Waals surface area contributed by atoms with E-state index in [4.69, 9.17) is 16.3 Å². The van der Waals surface area contributed by atoms with E-state index in [1.54, 1.807) is 6.92 Å². The van der Waals surface area contributed by atoms with Crippen LogP contribution in [-0.4, -0.2) is 20.3 Å². The average Bonchev–Trinajstić information content (AvgIpc) is 2.38. The number of hydrogen-bond donors (Lipinski definition) is 1. The molecule has 2 rings (SSSR count). The van der Waals surface area contributed by atoms with Crippen molar-refractivity contribution in [2.45, 2.75) is 25.8 Å². The Bertz CT molecular complexity index is 419. The van der Waals surface area contributed by atoms with Crippen molar-refractivity contribution in [3.8, 4) is 0 Å². The predicted octanol–water partition coefficient (Wildman–Crippen LogP) is 3.47. The molecule has 4 heteroatoms. The standard InChI is InChI=1S/C14H19ClFNO/c1-9-7-11(12(15)8-13(9)16)14(17-2)10-3-5-18-6-4-10/h7-8,10,14,17H,3-6H2,1-2H3. The van der Waals surface area contributed by atoms with Crippen LogP contribution in [0.3, 0.4) is 0 Å². The lowest BCUT2D eigenvalue weighted by Gasteiger charge is -2.31. The maximum absolute atomic E-state index is 13.4. The molecule has 1 aromatic carbocycles. The van der Waals surface area contributed by atoms with Gasteiger partial charge in [0.05, 0.1) is 0 Å². The summed E-state index contributed by atoms with van der Waals surface area (Å²) in [6.07, 6.45) is 2.02. The molecule has 1 heterocycles. The third kappa shape index (κ3) is 2.85. The number of rotatable bonds is 3. The number of ether oxygens (including phenoxy) is 1. The second-order valence-electron chi connectivity index (χ2n) is 4.84. The SMILES string of the molecule is CNC(c1cc(C)c(F)cc1Cl)C1CCOCC1. The molecule has 1 fully saturated rings. The first-order valence-electron chi connectivity index (χ1n) is 6.34. The quantitative estimate of drug-likeness (QED) is 0.909. The van der Waals surface area contributed by atoms with Gasteiger partial charge >= 0.3 is 0 Å². The Kier molecular flexibility index (Phi) is 4.60. The highest BCUT2D eigenvalue weighted by atomic mass is 35.5. The lowest BCUT2D eigenvalue weighted by molar-refractivity contribution is 0.0546. The Hall–Kier alpha value is -0.640. The maximum atomic E-state index is 13.4. The zero-order chi connectivity index (χ0) is 13.1. The van der Waals surface area contributed by atoms with Crippen LogP contribution in [0, 0.1) is 18.7 Å². The van der Waals surface area contributed by atoms with Gasteiger partial charge in [-0.2, -0.15) is 0 Å². The van der Waals surface area contributed by atoms with Crippen molar-refractivity contribution < 1.29 is 9.13 Å². The Balaban J connectivity index is 2.28. The van der Waals surface area contributed by atoms with Crippen LogP contribution in [0.15, 0.2) is 12.1 Å². The van der Waals surface area contributed by atoms with Crippen molar-refractivity contribution in [1.29, 1.82) is 0 Å². The minimum absolute atomic E-state index is 0.167. The third-order valence-corrected chi connectivity index (χ3v) is 3.99. The van der Waals surface area contributed by atoms with Crippen LogP contribution in [0.4, 0.5) is 4.39 Å². The van der Waals surface area contributed by atoms with Crippen molar-refractivity contribution in [2.24, 2.45) is 5.92 Å². The first-order chi connectivity index (χ1) is 8.63. The van der Waals surface area contributed by atoms with Crippen molar-refractivity contribution in [1.82, 2.24) is 5.32 Å². The van der Waals surface area contributed by atoms with E-state index < -0.39 is 0 Å². The Morgan fingerprint density at radius 3 is 2.67 bits per heavy atom. The highest BCUT2D eigenvalue weighted by molar-refractivity contribution is 6.31. The zero-order valence-electron chi connectivity index (χ0n) is 10.8. The van der Waals surface area contributed by atoms with Gasteiger partial charge in [0, 0.05) is 24.3 Å². The Morgan fingerprint density at radius 1 is 1.39 bits per heavy atom. The van der Waals surface area contributed by atoms with E-state index in [2.05, 4.69) is 5.32 Å². The number of halogens is 2. The molecule has 0 amide bonds. The van der Waals surface area contributed by atoms with Crippen LogP contribution < -0.4 is 5.32 Å². The minimum Gasteiger partial charge on any atom is -0.381 e. The molecule has 1 aliphatic rings. The predicted molar refractivity (Wildman–Crippen MR) is 71.5 cm³/mol. The van der Waals surface area contributed by atoms with Crippen LogP contribution in [-0.2, 0) is 4.74 Å². The molecule has 0 spiro atoms. The number of nitrogens with one attached hydrogen (secondary N) is 1. The smallest absolute Gasteiger partial charge is 0.127 e. The number of benzene rings is 1. The van der Waals surface area contributed by atoms with Crippen LogP contribution in [0.1, 0.15) is 30.0 Å². The second kappa shape index (κ2) is 6.00. The first kappa shape index (κ1) is 13.8. The Labute approximate surface area is 112 Å². The van der Waals surface area contributed by atoms with Crippen LogP contribution >= 0.6 is 11.6 Å². The molecule has 18 heavy (non-hydrogen) atoms. The van der Waals surface area contributed by atoms with E-state index in [0.29, 0.717) is 16.5 Å². The van der Waals surface area contributed by atoms with Gasteiger partial charge in [0.25, 0.3) is 0 Å². The van der Waals surface area contributed by atoms with Gasteiger partial charge in [0.15, 0.2) is 0 Å². The summed E-state index contributed by atoms with van der Waals surface area (Å²) in [4.78, 5) is 0. The van der Waals surface area contributed by atoms with Crippen molar-refractivity contribution in [3.05, 3.63) is 34.1 Å². The van der Waals surface area contributed by atoms with E-state index in [1.807, 2.05) is 13.1 Å². The topological polar surface area (TPSA) is 21.3 Å². The molecule has 0 aliphatic carbocycles. The fourth-order valence-corrected chi connectivity index (χ4v) is 2.88. The van der Waals surface area contributed by atoms with Gasteiger partial charge in [0.2, 0.25) is 0 Å². The maximum Gasteiger partial charge on any atom is 0.127 e. The first-order valence-corrected chi connectivity index (χ1v) is 6.72. The highest BCUT2D eigenvalue weighted by Gasteiger charge is 2.26. The monoisotopic (exact) mass is 271 g/mol. The van der Waals surface area contributed by atoms with Gasteiger partial charge in [-0.25, -0.2) is 4.39 Å². The largest absolute Gasteiger partial charge is 0.381 e. The molecule has 1 aromatic rings. The molecule has 1 saturated heterocycles. The summed E-state index contributed by atoms with van der Waals surface area (Å²) in [5.74, 6) is 0.247. The summed E-state index contributed by atoms with van der Waals surface area (Å²) < 4.78 is 18.8. The molecule has 0 bridgehead atoms. The molecule has 1 N–H and O–H groups in total. The van der Waals surface area contributed by atoms with E-state index in [1.165, 1.54) is 6.07 Å². The average molecular weight is 272 g/mol. The molecule has 0 saturated carbocycles. The third-order valence-electron chi connectivity index (χ3n) is 3.66. The molecular weight excluding hydrogens is 253 g/mol. The summed E-state index contributed by atoms with van der Waals surface area (Å²) >= 11 is 6.18. The van der Waals surface area contributed by atoms with E-state index in [0.717, 1.165) is 31.6 Å². The molecule has 1 unspecified atom stereocenters. The lowest BCUT2D eigenvalue weighted by Crippen LogP contribution is -2.30. The van der Waals surface area contributed by atoms with E-state index in [9.17, 15) is 4.39 Å². The second-order valence-corrected chi connectivity index (χ2v) is 5.25. The summed E-state index contributed by atoms with van der Waals surface area (Å²) in [6, 6.07) is 3.44. The highest BCUT2D eigenvalue weighted by Crippen LogP contribution is 2.34. The van der Waals surface area contributed by atoms with E-state index in [-0.39, 0.29) is 11.9 Å². The minimum atomic E-state index is -0.245. The van der Waals surface area contributed by atoms with Crippen LogP contribution in [0.5, 0.6) is 0 Å². The van der Waals surface area contributed by atoms with Crippen LogP contribution in [0.2, 0.25) is 5.02 Å². The van der Waals surface area contributed by atoms with Gasteiger partial charge in [-0.15, -0.1) is 0 Å². The molecule has 0 aromatic heterocycles. The van der Waals surface area contributed by atoms with Crippen molar-refractivity contribution >= 4 is 11.6 Å². The van der Waals surface area contributed by atoms with Gasteiger partial charge in [0.1, 0.15) is 5.82 Å². The van der Waals surface area contributed by atoms with Gasteiger partial charge in [-0.3, -0.25) is 0 Å². The van der Waals surface area contributed by atoms with Crippen molar-refractivity contribution in [3.63, 3.8) is 0 Å². The summed E-state index contributed by atoms with van der Waals surface area (Å²) in [5.41, 5.74) is 1.63. The van der Waals surface area contributed by atoms with Gasteiger partial charge < -0.3 is 10.1 Å². The molecule has 0 radical (unpaired) electrons. The molecule has 1 atom stereocenters. The summed E-state index contributed by atoms with van der Waals surface area (Å²) in [7, 11) is 1.93. The number of hydrogen-bond acceptors (Lipinski definition) is 2. The summed E-state index contributed by atoms with van der Waals surface area (Å²) in [6.45, 7) is 3.35.